The topological polar surface area (TPSA) is 486 Å². The standard InChI is InChI=1S/3C9H9NO2.C9H11NO2.2C9H9NO2.2C8H7NO3.C8H9NO2/c1-7(6-9(11)12)8-2-4-10-5-3-8;1-7(5-9(11)12)8-3-2-4-10-6-8;1-7(9(11)12)6-8-4-2-3-5-10-8;11-9(12)5-1-3-8-4-2-6-10-7-8;11-9(12)6-3-5-8-4-1-2-7-10-8;11-9(12)3-1-2-8-4-6-10-7-5-8;10-7(5-8(11)12)6-1-3-9-4-2-6;10-7(4-8(11)12)6-2-1-3-9-5-6;10-8(11)2-1-7-3-5-9-6-4-7/h3*2-6H,1H3,(H,11,12);2,4,6-7H,1,3,5H2,(H,11,12);1-4,6-7H,5H2,(H,11,12);1,3-7H,2H2,(H,11,12);1-4H,5H2,(H,11,12);1-3,5H,4H2,(H,11,12);3-6H,1-2H2,(H,10,11)/b7-6+;7-5+;7-6+;;6-3+;3-1+;;;. The molecule has 0 fully saturated rings. The number of hydrogen-bond acceptors (Lipinski definition) is 20. The smallest absolute Gasteiger partial charge is 0.331 e. The van der Waals surface area contributed by atoms with Crippen molar-refractivity contribution in [3.63, 3.8) is 0 Å². The second kappa shape index (κ2) is 56.3. The van der Waals surface area contributed by atoms with Crippen LogP contribution in [0.25, 0.3) is 17.2 Å². The lowest BCUT2D eigenvalue weighted by atomic mass is 10.1. The van der Waals surface area contributed by atoms with Gasteiger partial charge in [0, 0.05) is 165 Å². The third-order valence-electron chi connectivity index (χ3n) is 12.6. The van der Waals surface area contributed by atoms with Crippen molar-refractivity contribution in [2.24, 2.45) is 0 Å². The van der Waals surface area contributed by atoms with Crippen molar-refractivity contribution >= 4 is 82.5 Å². The predicted octanol–water partition coefficient (Wildman–Crippen LogP) is 11.3. The minimum Gasteiger partial charge on any atom is -0.481 e. The summed E-state index contributed by atoms with van der Waals surface area (Å²) >= 11 is 0. The number of rotatable bonds is 25. The van der Waals surface area contributed by atoms with Crippen LogP contribution in [0.15, 0.2) is 263 Å². The van der Waals surface area contributed by atoms with E-state index in [4.69, 9.17) is 46.0 Å². The summed E-state index contributed by atoms with van der Waals surface area (Å²) in [6.07, 6.45) is 37.8. The van der Waals surface area contributed by atoms with Crippen molar-refractivity contribution in [2.45, 2.75) is 78.6 Å². The molecule has 556 valence electrons. The lowest BCUT2D eigenvalue weighted by molar-refractivity contribution is -0.138. The summed E-state index contributed by atoms with van der Waals surface area (Å²) in [6, 6.07) is 35.3. The van der Waals surface area contributed by atoms with Gasteiger partial charge in [0.05, 0.1) is 5.69 Å². The summed E-state index contributed by atoms with van der Waals surface area (Å²) in [5.41, 5.74) is 8.85. The molecule has 9 heterocycles. The number of aliphatic carboxylic acids is 9. The van der Waals surface area contributed by atoms with Crippen LogP contribution in [0.5, 0.6) is 0 Å². The molecule has 0 radical (unpaired) electrons. The number of aryl methyl sites for hydroxylation is 2. The Morgan fingerprint density at radius 1 is 0.346 bits per heavy atom. The zero-order chi connectivity index (χ0) is 79.4. The van der Waals surface area contributed by atoms with E-state index in [0.29, 0.717) is 48.1 Å². The molecule has 107 heavy (non-hydrogen) atoms. The molecule has 0 aliphatic heterocycles. The van der Waals surface area contributed by atoms with Gasteiger partial charge in [-0.05, 0) is 189 Å². The van der Waals surface area contributed by atoms with Gasteiger partial charge in [-0.3, -0.25) is 73.6 Å². The van der Waals surface area contributed by atoms with Gasteiger partial charge in [0.15, 0.2) is 11.6 Å². The highest BCUT2D eigenvalue weighted by atomic mass is 16.4. The van der Waals surface area contributed by atoms with Crippen LogP contribution in [0.1, 0.15) is 113 Å². The minimum atomic E-state index is -1.12. The van der Waals surface area contributed by atoms with E-state index in [1.807, 2.05) is 66.7 Å². The first kappa shape index (κ1) is 90.6. The highest BCUT2D eigenvalue weighted by Crippen LogP contribution is 2.13. The lowest BCUT2D eigenvalue weighted by Gasteiger charge is -1.97. The summed E-state index contributed by atoms with van der Waals surface area (Å²) in [5.74, 6) is -9.17. The molecule has 0 aliphatic rings. The molecule has 9 rings (SSSR count). The van der Waals surface area contributed by atoms with Gasteiger partial charge in [0.25, 0.3) is 0 Å². The van der Waals surface area contributed by atoms with Crippen molar-refractivity contribution in [2.75, 3.05) is 0 Å². The molecule has 0 aliphatic carbocycles. The van der Waals surface area contributed by atoms with Crippen molar-refractivity contribution < 1.29 is 98.7 Å². The summed E-state index contributed by atoms with van der Waals surface area (Å²) < 4.78 is 0. The number of carboxylic acids is 9. The highest BCUT2D eigenvalue weighted by molar-refractivity contribution is 6.06. The highest BCUT2D eigenvalue weighted by Gasteiger charge is 2.11. The third kappa shape index (κ3) is 50.6. The monoisotopic (exact) mass is 1460 g/mol. The van der Waals surface area contributed by atoms with E-state index in [1.54, 1.807) is 137 Å². The fourth-order valence-electron chi connectivity index (χ4n) is 7.44. The van der Waals surface area contributed by atoms with Crippen LogP contribution in [-0.2, 0) is 68.8 Å². The number of aromatic nitrogens is 9. The van der Waals surface area contributed by atoms with Gasteiger partial charge >= 0.3 is 53.7 Å². The fourth-order valence-corrected chi connectivity index (χ4v) is 7.44. The lowest BCUT2D eigenvalue weighted by Crippen LogP contribution is -2.06. The third-order valence-corrected chi connectivity index (χ3v) is 12.6. The van der Waals surface area contributed by atoms with Gasteiger partial charge < -0.3 is 46.0 Å². The average Bonchev–Trinajstić information content (AvgIpc) is 0.947. The first-order valence-electron chi connectivity index (χ1n) is 31.7. The maximum atomic E-state index is 11.0. The van der Waals surface area contributed by atoms with E-state index in [2.05, 4.69) is 44.9 Å². The van der Waals surface area contributed by atoms with Crippen LogP contribution < -0.4 is 0 Å². The van der Waals surface area contributed by atoms with Gasteiger partial charge in [-0.25, -0.2) is 24.0 Å². The minimum absolute atomic E-state index is 0.185. The molecule has 9 N–H and O–H groups in total. The normalized spacial score (nSPS) is 10.3. The maximum Gasteiger partial charge on any atom is 0.331 e. The largest absolute Gasteiger partial charge is 0.481 e. The number of hydrogen-bond donors (Lipinski definition) is 9. The maximum absolute atomic E-state index is 11.0. The molecule has 0 spiro atoms. The number of carboxylic acid groups (broad SMARTS) is 9. The SMILES string of the molecule is C/C(=C\C(=O)O)c1cccnc1.C/C(=C\C(=O)O)c1ccncc1.C/C(=C\c1ccccn1)C(=O)O.O=C(O)/C=C/Cc1ccccn1.O=C(O)/C=C/Cc1ccncc1.O=C(O)CC(=O)c1cccnc1.O=C(O)CC(=O)c1ccncc1.O=C(O)CCCc1cccnc1.O=C(O)CCc1ccncc1. The molecule has 0 bridgehead atoms. The Kier molecular flexibility index (Phi) is 47.7. The first-order valence-corrected chi connectivity index (χ1v) is 31.7. The molecule has 9 aromatic heterocycles. The molecule has 9 aromatic rings. The van der Waals surface area contributed by atoms with Gasteiger partial charge in [0.1, 0.15) is 12.8 Å². The molecule has 0 saturated heterocycles. The number of carbonyl (C=O) groups is 11. The van der Waals surface area contributed by atoms with E-state index in [-0.39, 0.29) is 18.4 Å². The van der Waals surface area contributed by atoms with E-state index in [1.165, 1.54) is 62.1 Å². The Labute approximate surface area is 614 Å². The fraction of sp³-hybridized carbons (Fsp3) is 0.154. The van der Waals surface area contributed by atoms with Crippen molar-refractivity contribution in [1.29, 1.82) is 0 Å². The average molecular weight is 1460 g/mol. The summed E-state index contributed by atoms with van der Waals surface area (Å²) in [6.45, 7) is 5.03. The molecule has 29 nitrogen and oxygen atoms in total. The molecular weight excluding hydrogens is 1380 g/mol. The zero-order valence-corrected chi connectivity index (χ0v) is 58.2. The number of ketones is 2. The second-order valence-electron chi connectivity index (χ2n) is 21.1. The first-order chi connectivity index (χ1) is 51.1. The summed E-state index contributed by atoms with van der Waals surface area (Å²) in [4.78, 5) is 149. The van der Waals surface area contributed by atoms with Gasteiger partial charge in [-0.15, -0.1) is 0 Å². The summed E-state index contributed by atoms with van der Waals surface area (Å²) in [7, 11) is 0. The van der Waals surface area contributed by atoms with Crippen LogP contribution >= 0.6 is 0 Å². The van der Waals surface area contributed by atoms with Crippen LogP contribution in [0.4, 0.5) is 0 Å². The quantitative estimate of drug-likeness (QED) is 0.0146. The zero-order valence-electron chi connectivity index (χ0n) is 58.2. The predicted molar refractivity (Wildman–Crippen MR) is 393 cm³/mol. The van der Waals surface area contributed by atoms with Crippen LogP contribution in [0, 0.1) is 0 Å². The van der Waals surface area contributed by atoms with Gasteiger partial charge in [-0.2, -0.15) is 0 Å². The van der Waals surface area contributed by atoms with Crippen molar-refractivity contribution in [3.8, 4) is 0 Å². The number of nitrogens with zero attached hydrogens (tertiary/aromatic N) is 9. The Bertz CT molecular complexity index is 4110. The molecule has 0 saturated carbocycles. The van der Waals surface area contributed by atoms with E-state index in [9.17, 15) is 52.7 Å². The number of carbonyl (C=O) groups excluding carboxylic acids is 2. The molecule has 0 unspecified atom stereocenters. The van der Waals surface area contributed by atoms with E-state index >= 15 is 0 Å². The molecular formula is C78H79N9O20. The second-order valence-corrected chi connectivity index (χ2v) is 21.1. The molecule has 0 aromatic carbocycles. The Morgan fingerprint density at radius 2 is 0.785 bits per heavy atom. The van der Waals surface area contributed by atoms with Crippen LogP contribution in [-0.4, -0.2) is 156 Å². The molecule has 0 atom stereocenters. The van der Waals surface area contributed by atoms with Gasteiger partial charge in [-0.1, -0.05) is 36.4 Å². The number of Topliss-reactive ketones (excluding diaryl/α,β-unsaturated/α-hetero) is 2. The van der Waals surface area contributed by atoms with Crippen molar-refractivity contribution in [1.82, 2.24) is 44.9 Å². The van der Waals surface area contributed by atoms with Crippen molar-refractivity contribution in [3.05, 3.63) is 313 Å². The number of allylic oxidation sites excluding steroid dienone is 4. The van der Waals surface area contributed by atoms with Crippen LogP contribution in [0.2, 0.25) is 0 Å². The van der Waals surface area contributed by atoms with E-state index in [0.717, 1.165) is 63.7 Å². The Morgan fingerprint density at radius 3 is 1.21 bits per heavy atom. The van der Waals surface area contributed by atoms with E-state index < -0.39 is 78.1 Å². The molecule has 29 heteroatoms. The molecule has 0 amide bonds. The summed E-state index contributed by atoms with van der Waals surface area (Å²) in [5, 5.41) is 75.4. The van der Waals surface area contributed by atoms with Crippen LogP contribution in [0.3, 0.4) is 0 Å². The Balaban J connectivity index is 0.000000602. The van der Waals surface area contributed by atoms with Gasteiger partial charge in [0.2, 0.25) is 0 Å². The number of pyridine rings is 9. The Hall–Kier alpha value is -14.4.